The van der Waals surface area contributed by atoms with Gasteiger partial charge in [-0.1, -0.05) is 41.1 Å². The van der Waals surface area contributed by atoms with Crippen LogP contribution in [0.25, 0.3) is 0 Å². The first-order valence-corrected chi connectivity index (χ1v) is 5.24. The highest BCUT2D eigenvalue weighted by Gasteiger charge is 2.62. The predicted octanol–water partition coefficient (Wildman–Crippen LogP) is 2.78. The second-order valence-corrected chi connectivity index (χ2v) is 4.92. The van der Waals surface area contributed by atoms with Crippen LogP contribution in [-0.2, 0) is 4.74 Å². The van der Waals surface area contributed by atoms with Crippen molar-refractivity contribution in [1.82, 2.24) is 0 Å². The molecule has 0 heterocycles. The maximum atomic E-state index is 10.3. The Balaban J connectivity index is 2.04. The Bertz CT molecular complexity index is 334. The van der Waals surface area contributed by atoms with Crippen molar-refractivity contribution in [1.29, 1.82) is 0 Å². The zero-order valence-electron chi connectivity index (χ0n) is 7.74. The molecule has 4 heteroatoms. The Labute approximate surface area is 90.6 Å². The van der Waals surface area contributed by atoms with Gasteiger partial charge in [-0.05, 0) is 10.4 Å². The van der Waals surface area contributed by atoms with Crippen LogP contribution in [0, 0.1) is 17.3 Å². The van der Waals surface area contributed by atoms with E-state index in [2.05, 4.69) is 33.7 Å². The Hall–Kier alpha value is -0.770. The molecule has 1 N–H and O–H groups in total. The summed E-state index contributed by atoms with van der Waals surface area (Å²) in [6.45, 7) is 2.32. The summed E-state index contributed by atoms with van der Waals surface area (Å²) in [4.78, 5) is 10.3. The minimum absolute atomic E-state index is 0.0548. The largest absolute Gasteiger partial charge is 0.505 e. The molecular formula is C10H11BrO3. The molecule has 2 rings (SSSR count). The van der Waals surface area contributed by atoms with E-state index in [9.17, 15) is 4.79 Å². The Morgan fingerprint density at radius 1 is 1.79 bits per heavy atom. The van der Waals surface area contributed by atoms with Gasteiger partial charge >= 0.3 is 6.16 Å². The van der Waals surface area contributed by atoms with Crippen LogP contribution in [0.15, 0.2) is 22.7 Å². The molecule has 0 radical (unpaired) electrons. The third kappa shape index (κ3) is 1.38. The molecule has 3 atom stereocenters. The van der Waals surface area contributed by atoms with Crippen LogP contribution in [0.4, 0.5) is 4.79 Å². The molecule has 0 amide bonds. The molecule has 0 saturated heterocycles. The average Bonchev–Trinajstić information content (AvgIpc) is 2.72. The third-order valence-electron chi connectivity index (χ3n) is 3.10. The monoisotopic (exact) mass is 258 g/mol. The fourth-order valence-electron chi connectivity index (χ4n) is 2.19. The van der Waals surface area contributed by atoms with Crippen molar-refractivity contribution in [2.75, 3.05) is 6.61 Å². The summed E-state index contributed by atoms with van der Waals surface area (Å²) in [5, 5.41) is 8.44. The second kappa shape index (κ2) is 3.12. The normalized spacial score (nSPS) is 38.6. The Morgan fingerprint density at radius 2 is 2.50 bits per heavy atom. The first-order chi connectivity index (χ1) is 6.55. The van der Waals surface area contributed by atoms with Crippen molar-refractivity contribution in [2.45, 2.75) is 6.92 Å². The molecule has 0 unspecified atom stereocenters. The number of ether oxygens (including phenoxy) is 1. The zero-order chi connectivity index (χ0) is 10.3. The topological polar surface area (TPSA) is 46.5 Å². The quantitative estimate of drug-likeness (QED) is 0.775. The maximum absolute atomic E-state index is 10.3. The number of carboxylic acid groups (broad SMARTS) is 1. The molecule has 2 aliphatic rings. The molecular weight excluding hydrogens is 248 g/mol. The van der Waals surface area contributed by atoms with Gasteiger partial charge in [-0.15, -0.1) is 0 Å². The van der Waals surface area contributed by atoms with Gasteiger partial charge in [0.25, 0.3) is 0 Å². The van der Waals surface area contributed by atoms with Crippen molar-refractivity contribution in [3.8, 4) is 0 Å². The minimum atomic E-state index is -1.20. The van der Waals surface area contributed by atoms with E-state index in [1.807, 2.05) is 12.2 Å². The lowest BCUT2D eigenvalue weighted by atomic mass is 10.1. The Kier molecular flexibility index (Phi) is 2.18. The summed E-state index contributed by atoms with van der Waals surface area (Å²) in [7, 11) is 0. The van der Waals surface area contributed by atoms with Gasteiger partial charge < -0.3 is 9.84 Å². The van der Waals surface area contributed by atoms with E-state index in [4.69, 9.17) is 5.11 Å². The number of allylic oxidation sites excluding steroid dienone is 4. The number of hydrogen-bond donors (Lipinski definition) is 1. The number of rotatable bonds is 2. The van der Waals surface area contributed by atoms with Gasteiger partial charge in [0.15, 0.2) is 0 Å². The third-order valence-corrected chi connectivity index (χ3v) is 3.86. The summed E-state index contributed by atoms with van der Waals surface area (Å²) in [6, 6.07) is 0. The highest BCUT2D eigenvalue weighted by atomic mass is 79.9. The molecule has 14 heavy (non-hydrogen) atoms. The van der Waals surface area contributed by atoms with Crippen LogP contribution in [-0.4, -0.2) is 17.9 Å². The van der Waals surface area contributed by atoms with Crippen LogP contribution in [0.3, 0.4) is 0 Å². The molecule has 2 aliphatic carbocycles. The molecule has 1 saturated carbocycles. The van der Waals surface area contributed by atoms with Crippen molar-refractivity contribution in [3.05, 3.63) is 22.7 Å². The fraction of sp³-hybridized carbons (Fsp3) is 0.500. The van der Waals surface area contributed by atoms with Crippen molar-refractivity contribution < 1.29 is 14.6 Å². The lowest BCUT2D eigenvalue weighted by Gasteiger charge is -2.09. The van der Waals surface area contributed by atoms with Gasteiger partial charge in [-0.25, -0.2) is 4.79 Å². The van der Waals surface area contributed by atoms with E-state index in [1.165, 1.54) is 0 Å². The van der Waals surface area contributed by atoms with Gasteiger partial charge in [0.1, 0.15) is 6.61 Å². The molecule has 0 spiro atoms. The summed E-state index contributed by atoms with van der Waals surface area (Å²) in [5.41, 5.74) is -0.0548. The molecule has 76 valence electrons. The molecule has 0 aromatic carbocycles. The van der Waals surface area contributed by atoms with E-state index in [1.54, 1.807) is 0 Å². The molecule has 0 aromatic heterocycles. The molecule has 0 bridgehead atoms. The summed E-state index contributed by atoms with van der Waals surface area (Å²) < 4.78 is 5.78. The van der Waals surface area contributed by atoms with Gasteiger partial charge in [0.05, 0.1) is 0 Å². The van der Waals surface area contributed by atoms with Gasteiger partial charge in [0.2, 0.25) is 0 Å². The number of hydrogen-bond acceptors (Lipinski definition) is 2. The van der Waals surface area contributed by atoms with Gasteiger partial charge in [-0.3, -0.25) is 0 Å². The first-order valence-electron chi connectivity index (χ1n) is 4.45. The van der Waals surface area contributed by atoms with E-state index < -0.39 is 6.16 Å². The molecule has 0 aliphatic heterocycles. The fourth-order valence-corrected chi connectivity index (χ4v) is 3.15. The summed E-state index contributed by atoms with van der Waals surface area (Å²) >= 11 is 3.48. The molecule has 1 fully saturated rings. The summed E-state index contributed by atoms with van der Waals surface area (Å²) in [5.74, 6) is 0.813. The van der Waals surface area contributed by atoms with E-state index in [0.717, 1.165) is 4.48 Å². The standard InChI is InChI=1S/C10H11BrO3/c1-10(5-14-9(12)13)6-3-2-4-7(11)8(6)10/h2-4,6,8H,5H2,1H3,(H,12,13)/t6-,8+,10+/m1/s1. The van der Waals surface area contributed by atoms with Crippen LogP contribution in [0.2, 0.25) is 0 Å². The number of carbonyl (C=O) groups is 1. The van der Waals surface area contributed by atoms with Gasteiger partial charge in [-0.2, -0.15) is 0 Å². The zero-order valence-corrected chi connectivity index (χ0v) is 9.32. The second-order valence-electron chi connectivity index (χ2n) is 4.00. The van der Waals surface area contributed by atoms with Crippen molar-refractivity contribution in [2.24, 2.45) is 17.3 Å². The van der Waals surface area contributed by atoms with Crippen molar-refractivity contribution >= 4 is 22.1 Å². The lowest BCUT2D eigenvalue weighted by Crippen LogP contribution is -2.13. The van der Waals surface area contributed by atoms with Crippen LogP contribution >= 0.6 is 15.9 Å². The number of fused-ring (bicyclic) bond motifs is 1. The van der Waals surface area contributed by atoms with E-state index in [-0.39, 0.29) is 12.0 Å². The summed E-state index contributed by atoms with van der Waals surface area (Å²) in [6.07, 6.45) is 4.92. The van der Waals surface area contributed by atoms with Crippen LogP contribution < -0.4 is 0 Å². The van der Waals surface area contributed by atoms with Crippen LogP contribution in [0.1, 0.15) is 6.92 Å². The Morgan fingerprint density at radius 3 is 3.07 bits per heavy atom. The predicted molar refractivity (Wildman–Crippen MR) is 55.2 cm³/mol. The lowest BCUT2D eigenvalue weighted by molar-refractivity contribution is 0.0721. The molecule has 3 nitrogen and oxygen atoms in total. The van der Waals surface area contributed by atoms with Crippen LogP contribution in [0.5, 0.6) is 0 Å². The van der Waals surface area contributed by atoms with E-state index >= 15 is 0 Å². The highest BCUT2D eigenvalue weighted by molar-refractivity contribution is 9.11. The molecule has 0 aromatic rings. The first kappa shape index (κ1) is 9.77. The van der Waals surface area contributed by atoms with Gasteiger partial charge in [0, 0.05) is 11.3 Å². The minimum Gasteiger partial charge on any atom is -0.450 e. The number of halogens is 1. The van der Waals surface area contributed by atoms with E-state index in [0.29, 0.717) is 11.8 Å². The maximum Gasteiger partial charge on any atom is 0.505 e. The van der Waals surface area contributed by atoms with Crippen molar-refractivity contribution in [3.63, 3.8) is 0 Å². The smallest absolute Gasteiger partial charge is 0.450 e. The highest BCUT2D eigenvalue weighted by Crippen LogP contribution is 2.65. The average molecular weight is 259 g/mol. The SMILES string of the molecule is C[C@]1(COC(=O)O)[C@@H]2C=CC=C(Br)[C@H]21.